The summed E-state index contributed by atoms with van der Waals surface area (Å²) in [5, 5.41) is 5.77. The summed E-state index contributed by atoms with van der Waals surface area (Å²) in [6.45, 7) is 8.51. The number of urea groups is 2. The molecule has 11 heteroatoms. The van der Waals surface area contributed by atoms with Gasteiger partial charge in [0.2, 0.25) is 0 Å². The molecule has 2 N–H and O–H groups in total. The molecule has 0 radical (unpaired) electrons. The zero-order chi connectivity index (χ0) is 26.4. The summed E-state index contributed by atoms with van der Waals surface area (Å²) in [4.78, 5) is 44.0. The minimum atomic E-state index is -0.725. The maximum atomic E-state index is 13.2. The van der Waals surface area contributed by atoms with Gasteiger partial charge in [-0.25, -0.2) is 14.4 Å². The van der Waals surface area contributed by atoms with Crippen molar-refractivity contribution in [1.82, 2.24) is 25.3 Å². The largest absolute Gasteiger partial charge is 0.493 e. The van der Waals surface area contributed by atoms with E-state index >= 15 is 0 Å². The Bertz CT molecular complexity index is 1010. The lowest BCUT2D eigenvalue weighted by Crippen LogP contribution is -2.57. The lowest BCUT2D eigenvalue weighted by atomic mass is 9.93. The molecule has 1 aromatic carbocycles. The van der Waals surface area contributed by atoms with Crippen LogP contribution < -0.4 is 20.1 Å². The van der Waals surface area contributed by atoms with E-state index in [2.05, 4.69) is 15.5 Å². The quantitative estimate of drug-likeness (QED) is 0.522. The van der Waals surface area contributed by atoms with E-state index in [-0.39, 0.29) is 24.7 Å². The first-order valence-corrected chi connectivity index (χ1v) is 12.2. The predicted octanol–water partition coefficient (Wildman–Crippen LogP) is 1.95. The zero-order valence-corrected chi connectivity index (χ0v) is 21.9. The molecule has 2 unspecified atom stereocenters. The molecule has 0 spiro atoms. The van der Waals surface area contributed by atoms with E-state index in [1.165, 1.54) is 12.0 Å². The second-order valence-electron chi connectivity index (χ2n) is 8.75. The first kappa shape index (κ1) is 27.1. The highest BCUT2D eigenvalue weighted by molar-refractivity contribution is 5.95. The average molecular weight is 504 g/mol. The van der Waals surface area contributed by atoms with Crippen LogP contribution in [-0.2, 0) is 9.53 Å². The molecular weight excluding hydrogens is 466 g/mol. The number of hydrogen-bond acceptors (Lipinski definition) is 7. The van der Waals surface area contributed by atoms with Crippen LogP contribution in [-0.4, -0.2) is 99.4 Å². The minimum absolute atomic E-state index is 0.0266. The van der Waals surface area contributed by atoms with Crippen LogP contribution in [0.1, 0.15) is 32.4 Å². The Morgan fingerprint density at radius 3 is 2.47 bits per heavy atom. The molecule has 36 heavy (non-hydrogen) atoms. The highest BCUT2D eigenvalue weighted by atomic mass is 16.5. The maximum Gasteiger partial charge on any atom is 0.338 e. The van der Waals surface area contributed by atoms with Gasteiger partial charge in [-0.1, -0.05) is 6.07 Å². The molecule has 2 atom stereocenters. The highest BCUT2D eigenvalue weighted by Crippen LogP contribution is 2.36. The van der Waals surface area contributed by atoms with Crippen molar-refractivity contribution in [2.45, 2.75) is 32.9 Å². The molecule has 2 aliphatic heterocycles. The third kappa shape index (κ3) is 5.67. The molecule has 1 saturated heterocycles. The Hall–Kier alpha value is -3.47. The number of esters is 1. The van der Waals surface area contributed by atoms with Gasteiger partial charge < -0.3 is 29.7 Å². The lowest BCUT2D eigenvalue weighted by molar-refractivity contribution is -0.139. The normalized spacial score (nSPS) is 20.7. The first-order chi connectivity index (χ1) is 17.2. The van der Waals surface area contributed by atoms with Crippen molar-refractivity contribution in [3.05, 3.63) is 35.0 Å². The molecule has 0 aromatic heterocycles. The van der Waals surface area contributed by atoms with E-state index in [1.807, 2.05) is 18.7 Å². The van der Waals surface area contributed by atoms with Gasteiger partial charge in [-0.15, -0.1) is 0 Å². The van der Waals surface area contributed by atoms with Gasteiger partial charge in [-0.2, -0.15) is 0 Å². The third-order valence-corrected chi connectivity index (χ3v) is 6.49. The molecule has 4 amide bonds. The zero-order valence-electron chi connectivity index (χ0n) is 21.9. The van der Waals surface area contributed by atoms with Gasteiger partial charge in [0, 0.05) is 51.5 Å². The molecule has 3 rings (SSSR count). The summed E-state index contributed by atoms with van der Waals surface area (Å²) < 4.78 is 16.2. The van der Waals surface area contributed by atoms with Gasteiger partial charge in [0.25, 0.3) is 0 Å². The molecule has 2 aliphatic rings. The van der Waals surface area contributed by atoms with E-state index in [9.17, 15) is 14.4 Å². The monoisotopic (exact) mass is 503 g/mol. The molecule has 2 heterocycles. The van der Waals surface area contributed by atoms with Crippen molar-refractivity contribution in [2.24, 2.45) is 0 Å². The molecule has 0 aliphatic carbocycles. The molecule has 0 saturated carbocycles. The smallest absolute Gasteiger partial charge is 0.338 e. The van der Waals surface area contributed by atoms with Crippen LogP contribution in [0.4, 0.5) is 9.59 Å². The number of rotatable bonds is 8. The summed E-state index contributed by atoms with van der Waals surface area (Å²) in [5.41, 5.74) is 1.60. The Kier molecular flexibility index (Phi) is 9.03. The third-order valence-electron chi connectivity index (χ3n) is 6.49. The summed E-state index contributed by atoms with van der Waals surface area (Å²) >= 11 is 0. The fourth-order valence-corrected chi connectivity index (χ4v) is 4.62. The fourth-order valence-electron chi connectivity index (χ4n) is 4.62. The number of nitrogens with zero attached hydrogens (tertiary/aromatic N) is 3. The minimum Gasteiger partial charge on any atom is -0.493 e. The summed E-state index contributed by atoms with van der Waals surface area (Å²) in [6, 6.07) is 4.12. The summed E-state index contributed by atoms with van der Waals surface area (Å²) in [5.74, 6) is 0.540. The van der Waals surface area contributed by atoms with Crippen molar-refractivity contribution >= 4 is 18.0 Å². The van der Waals surface area contributed by atoms with Gasteiger partial charge >= 0.3 is 18.0 Å². The summed E-state index contributed by atoms with van der Waals surface area (Å²) in [6.07, 6.45) is 0. The van der Waals surface area contributed by atoms with Crippen LogP contribution in [0, 0.1) is 0 Å². The number of carbonyl (C=O) groups excluding carboxylic acids is 3. The van der Waals surface area contributed by atoms with E-state index in [4.69, 9.17) is 14.2 Å². The number of likely N-dealkylation sites (N-methyl/N-ethyl adjacent to an activating group) is 1. The van der Waals surface area contributed by atoms with Crippen molar-refractivity contribution in [2.75, 3.05) is 60.6 Å². The van der Waals surface area contributed by atoms with E-state index in [0.29, 0.717) is 61.1 Å². The summed E-state index contributed by atoms with van der Waals surface area (Å²) in [7, 11) is 4.72. The second kappa shape index (κ2) is 12.0. The van der Waals surface area contributed by atoms with Crippen molar-refractivity contribution < 1.29 is 28.6 Å². The number of benzene rings is 1. The number of carbonyl (C=O) groups is 3. The molecular formula is C25H37N5O6. The Balaban J connectivity index is 1.97. The highest BCUT2D eigenvalue weighted by Gasteiger charge is 2.38. The van der Waals surface area contributed by atoms with E-state index in [1.54, 1.807) is 39.3 Å². The van der Waals surface area contributed by atoms with Crippen LogP contribution in [0.3, 0.4) is 0 Å². The first-order valence-electron chi connectivity index (χ1n) is 12.2. The number of piperazine rings is 1. The SMILES string of the molecule is CCNC(=O)N1CCN(CC2=C(C(=O)OCC)C(c3ccc(OC)c(OC)c3)NC(=O)N2C)CC1C. The molecule has 11 nitrogen and oxygen atoms in total. The van der Waals surface area contributed by atoms with Gasteiger partial charge in [-0.3, -0.25) is 9.80 Å². The van der Waals surface area contributed by atoms with Gasteiger partial charge in [0.05, 0.1) is 32.4 Å². The Labute approximate surface area is 212 Å². The predicted molar refractivity (Wildman–Crippen MR) is 134 cm³/mol. The van der Waals surface area contributed by atoms with Crippen molar-refractivity contribution in [1.29, 1.82) is 0 Å². The Morgan fingerprint density at radius 2 is 1.86 bits per heavy atom. The van der Waals surface area contributed by atoms with E-state index in [0.717, 1.165) is 0 Å². The second-order valence-corrected chi connectivity index (χ2v) is 8.75. The molecule has 1 fully saturated rings. The van der Waals surface area contributed by atoms with Crippen LogP contribution in [0.25, 0.3) is 0 Å². The fraction of sp³-hybridized carbons (Fsp3) is 0.560. The number of methoxy groups -OCH3 is 2. The van der Waals surface area contributed by atoms with Gasteiger partial charge in [0.15, 0.2) is 11.5 Å². The van der Waals surface area contributed by atoms with Gasteiger partial charge in [-0.05, 0) is 38.5 Å². The van der Waals surface area contributed by atoms with Crippen molar-refractivity contribution in [3.63, 3.8) is 0 Å². The van der Waals surface area contributed by atoms with Crippen LogP contribution in [0.5, 0.6) is 11.5 Å². The lowest BCUT2D eigenvalue weighted by Gasteiger charge is -2.42. The Morgan fingerprint density at radius 1 is 1.14 bits per heavy atom. The number of nitrogens with one attached hydrogen (secondary N) is 2. The maximum absolute atomic E-state index is 13.2. The van der Waals surface area contributed by atoms with Crippen LogP contribution in [0.15, 0.2) is 29.5 Å². The standard InChI is InChI=1S/C25H37N5O6/c1-7-26-24(32)30-12-11-29(14-16(30)3)15-18-21(23(31)36-8-2)22(27-25(33)28(18)4)17-9-10-19(34-5)20(13-17)35-6/h9-10,13,16,22H,7-8,11-12,14-15H2,1-6H3,(H,26,32)(H,27,33). The topological polar surface area (TPSA) is 113 Å². The molecule has 1 aromatic rings. The average Bonchev–Trinajstić information content (AvgIpc) is 2.86. The van der Waals surface area contributed by atoms with Crippen LogP contribution in [0.2, 0.25) is 0 Å². The number of hydrogen-bond donors (Lipinski definition) is 2. The van der Waals surface area contributed by atoms with Crippen LogP contribution >= 0.6 is 0 Å². The number of amides is 4. The van der Waals surface area contributed by atoms with E-state index < -0.39 is 12.0 Å². The molecule has 198 valence electrons. The molecule has 0 bridgehead atoms. The number of ether oxygens (including phenoxy) is 3. The van der Waals surface area contributed by atoms with Crippen molar-refractivity contribution in [3.8, 4) is 11.5 Å². The van der Waals surface area contributed by atoms with Gasteiger partial charge in [0.1, 0.15) is 0 Å².